The minimum absolute atomic E-state index is 0.912. The van der Waals surface area contributed by atoms with Gasteiger partial charge in [0.1, 0.15) is 0 Å². The molecule has 0 fully saturated rings. The zero-order valence-electron chi connectivity index (χ0n) is 9.35. The molecule has 0 saturated heterocycles. The molecule has 2 rings (SSSR count). The van der Waals surface area contributed by atoms with Crippen molar-refractivity contribution in [2.75, 3.05) is 11.9 Å². The van der Waals surface area contributed by atoms with Crippen molar-refractivity contribution in [2.24, 2.45) is 0 Å². The Hall–Kier alpha value is -1.90. The zero-order valence-corrected chi connectivity index (χ0v) is 9.35. The van der Waals surface area contributed by atoms with Gasteiger partial charge < -0.3 is 5.32 Å². The molecule has 82 valence electrons. The van der Waals surface area contributed by atoms with Crippen LogP contribution in [0.25, 0.3) is 0 Å². The summed E-state index contributed by atoms with van der Waals surface area (Å²) in [6.07, 6.45) is 6.50. The SMILES string of the molecule is Cc1cc(NCCc2cccnc2)ccn1. The normalized spacial score (nSPS) is 10.1. The standard InChI is InChI=1S/C13H15N3/c1-11-9-13(5-8-15-11)16-7-4-12-3-2-6-14-10-12/h2-3,5-6,8-10H,4,7H2,1H3,(H,15,16). The van der Waals surface area contributed by atoms with Gasteiger partial charge in [0.15, 0.2) is 0 Å². The molecule has 0 bridgehead atoms. The van der Waals surface area contributed by atoms with E-state index in [1.165, 1.54) is 5.56 Å². The second-order valence-electron chi connectivity index (χ2n) is 3.72. The van der Waals surface area contributed by atoms with Gasteiger partial charge in [-0.2, -0.15) is 0 Å². The average molecular weight is 213 g/mol. The molecule has 1 N–H and O–H groups in total. The maximum Gasteiger partial charge on any atom is 0.0393 e. The Labute approximate surface area is 95.6 Å². The van der Waals surface area contributed by atoms with E-state index in [4.69, 9.17) is 0 Å². The first-order valence-electron chi connectivity index (χ1n) is 5.40. The zero-order chi connectivity index (χ0) is 11.2. The molecule has 0 unspecified atom stereocenters. The van der Waals surface area contributed by atoms with Crippen molar-refractivity contribution in [2.45, 2.75) is 13.3 Å². The summed E-state index contributed by atoms with van der Waals surface area (Å²) in [5.41, 5.74) is 3.41. The number of aromatic nitrogens is 2. The highest BCUT2D eigenvalue weighted by Crippen LogP contribution is 2.07. The van der Waals surface area contributed by atoms with Crippen LogP contribution in [0.1, 0.15) is 11.3 Å². The number of nitrogens with one attached hydrogen (secondary N) is 1. The van der Waals surface area contributed by atoms with Crippen LogP contribution in [0.15, 0.2) is 42.9 Å². The Morgan fingerprint density at radius 2 is 2.19 bits per heavy atom. The van der Waals surface area contributed by atoms with Gasteiger partial charge in [0.05, 0.1) is 0 Å². The van der Waals surface area contributed by atoms with E-state index in [0.29, 0.717) is 0 Å². The predicted octanol–water partition coefficient (Wildman–Crippen LogP) is 2.44. The molecule has 2 heterocycles. The topological polar surface area (TPSA) is 37.8 Å². The second-order valence-corrected chi connectivity index (χ2v) is 3.72. The highest BCUT2D eigenvalue weighted by atomic mass is 14.9. The van der Waals surface area contributed by atoms with Gasteiger partial charge in [-0.05, 0) is 37.1 Å². The van der Waals surface area contributed by atoms with Gasteiger partial charge in [-0.1, -0.05) is 6.07 Å². The largest absolute Gasteiger partial charge is 0.385 e. The number of aryl methyl sites for hydroxylation is 1. The minimum Gasteiger partial charge on any atom is -0.385 e. The molecule has 0 atom stereocenters. The Bertz CT molecular complexity index is 440. The Morgan fingerprint density at radius 1 is 1.25 bits per heavy atom. The van der Waals surface area contributed by atoms with Gasteiger partial charge in [-0.15, -0.1) is 0 Å². The van der Waals surface area contributed by atoms with E-state index in [1.807, 2.05) is 37.5 Å². The average Bonchev–Trinajstić information content (AvgIpc) is 2.30. The number of hydrogen-bond donors (Lipinski definition) is 1. The number of pyridine rings is 2. The van der Waals surface area contributed by atoms with Crippen molar-refractivity contribution in [3.63, 3.8) is 0 Å². The third-order valence-electron chi connectivity index (χ3n) is 2.36. The van der Waals surface area contributed by atoms with Crippen molar-refractivity contribution < 1.29 is 0 Å². The summed E-state index contributed by atoms with van der Waals surface area (Å²) >= 11 is 0. The molecule has 0 aliphatic carbocycles. The summed E-state index contributed by atoms with van der Waals surface area (Å²) in [6.45, 7) is 2.90. The Kier molecular flexibility index (Phi) is 3.49. The number of hydrogen-bond acceptors (Lipinski definition) is 3. The van der Waals surface area contributed by atoms with Gasteiger partial charge in [0, 0.05) is 36.5 Å². The third kappa shape index (κ3) is 3.05. The van der Waals surface area contributed by atoms with Gasteiger partial charge in [-0.25, -0.2) is 0 Å². The van der Waals surface area contributed by atoms with Gasteiger partial charge in [0.25, 0.3) is 0 Å². The highest BCUT2D eigenvalue weighted by molar-refractivity contribution is 5.42. The maximum atomic E-state index is 4.16. The number of anilines is 1. The molecule has 3 nitrogen and oxygen atoms in total. The Balaban J connectivity index is 1.85. The summed E-state index contributed by atoms with van der Waals surface area (Å²) in [4.78, 5) is 8.24. The Morgan fingerprint density at radius 3 is 2.94 bits per heavy atom. The van der Waals surface area contributed by atoms with Gasteiger partial charge >= 0.3 is 0 Å². The van der Waals surface area contributed by atoms with Crippen LogP contribution in [-0.4, -0.2) is 16.5 Å². The van der Waals surface area contributed by atoms with E-state index in [1.54, 1.807) is 6.20 Å². The lowest BCUT2D eigenvalue weighted by atomic mass is 10.2. The molecule has 0 radical (unpaired) electrons. The molecule has 16 heavy (non-hydrogen) atoms. The maximum absolute atomic E-state index is 4.16. The van der Waals surface area contributed by atoms with Crippen molar-refractivity contribution in [1.29, 1.82) is 0 Å². The molecule has 3 heteroatoms. The third-order valence-corrected chi connectivity index (χ3v) is 2.36. The van der Waals surface area contributed by atoms with Crippen LogP contribution >= 0.6 is 0 Å². The highest BCUT2D eigenvalue weighted by Gasteiger charge is 1.94. The van der Waals surface area contributed by atoms with Crippen LogP contribution in [0.2, 0.25) is 0 Å². The van der Waals surface area contributed by atoms with Crippen molar-refractivity contribution >= 4 is 5.69 Å². The number of nitrogens with zero attached hydrogens (tertiary/aromatic N) is 2. The summed E-state index contributed by atoms with van der Waals surface area (Å²) in [7, 11) is 0. The molecule has 0 aliphatic rings. The molecular formula is C13H15N3. The van der Waals surface area contributed by atoms with Crippen LogP contribution in [0.5, 0.6) is 0 Å². The lowest BCUT2D eigenvalue weighted by Crippen LogP contribution is -2.05. The fourth-order valence-corrected chi connectivity index (χ4v) is 1.55. The molecular weight excluding hydrogens is 198 g/mol. The van der Waals surface area contributed by atoms with Crippen molar-refractivity contribution in [1.82, 2.24) is 9.97 Å². The van der Waals surface area contributed by atoms with E-state index in [-0.39, 0.29) is 0 Å². The minimum atomic E-state index is 0.912. The van der Waals surface area contributed by atoms with Crippen molar-refractivity contribution in [3.8, 4) is 0 Å². The fourth-order valence-electron chi connectivity index (χ4n) is 1.55. The second kappa shape index (κ2) is 5.26. The van der Waals surface area contributed by atoms with Crippen LogP contribution in [0, 0.1) is 6.92 Å². The van der Waals surface area contributed by atoms with Gasteiger partial charge in [-0.3, -0.25) is 9.97 Å². The predicted molar refractivity (Wildman–Crippen MR) is 65.4 cm³/mol. The first-order valence-corrected chi connectivity index (χ1v) is 5.40. The van der Waals surface area contributed by atoms with E-state index in [0.717, 1.165) is 24.3 Å². The molecule has 2 aromatic heterocycles. The molecule has 0 aromatic carbocycles. The van der Waals surface area contributed by atoms with E-state index >= 15 is 0 Å². The first-order chi connectivity index (χ1) is 7.84. The first kappa shape index (κ1) is 10.6. The summed E-state index contributed by atoms with van der Waals surface area (Å²) in [6, 6.07) is 8.08. The van der Waals surface area contributed by atoms with E-state index in [9.17, 15) is 0 Å². The molecule has 0 aliphatic heterocycles. The summed E-state index contributed by atoms with van der Waals surface area (Å²) in [5, 5.41) is 3.37. The molecule has 2 aromatic rings. The summed E-state index contributed by atoms with van der Waals surface area (Å²) in [5.74, 6) is 0. The van der Waals surface area contributed by atoms with Crippen LogP contribution < -0.4 is 5.32 Å². The monoisotopic (exact) mass is 213 g/mol. The van der Waals surface area contributed by atoms with Gasteiger partial charge in [0.2, 0.25) is 0 Å². The molecule has 0 saturated carbocycles. The molecule has 0 amide bonds. The smallest absolute Gasteiger partial charge is 0.0393 e. The number of rotatable bonds is 4. The lowest BCUT2D eigenvalue weighted by Gasteiger charge is -2.06. The molecule has 0 spiro atoms. The van der Waals surface area contributed by atoms with Crippen LogP contribution in [-0.2, 0) is 6.42 Å². The van der Waals surface area contributed by atoms with Crippen LogP contribution in [0.3, 0.4) is 0 Å². The lowest BCUT2D eigenvalue weighted by molar-refractivity contribution is 1.00. The van der Waals surface area contributed by atoms with Crippen molar-refractivity contribution in [3.05, 3.63) is 54.1 Å². The quantitative estimate of drug-likeness (QED) is 0.847. The van der Waals surface area contributed by atoms with E-state index < -0.39 is 0 Å². The van der Waals surface area contributed by atoms with Crippen LogP contribution in [0.4, 0.5) is 5.69 Å². The fraction of sp³-hybridized carbons (Fsp3) is 0.231. The van der Waals surface area contributed by atoms with E-state index in [2.05, 4.69) is 21.4 Å². The summed E-state index contributed by atoms with van der Waals surface area (Å²) < 4.78 is 0.